The van der Waals surface area contributed by atoms with Crippen LogP contribution in [0.5, 0.6) is 11.5 Å². The molecule has 4 aromatic rings. The third-order valence-corrected chi connectivity index (χ3v) is 9.27. The van der Waals surface area contributed by atoms with E-state index in [1.807, 2.05) is 72.8 Å². The first-order chi connectivity index (χ1) is 27.2. The molecule has 282 valence electrons. The summed E-state index contributed by atoms with van der Waals surface area (Å²) in [6, 6.07) is 29.3. The Hall–Kier alpha value is -6.87. The molecule has 8 heteroatoms. The van der Waals surface area contributed by atoms with Crippen LogP contribution in [-0.2, 0) is 19.2 Å². The maximum Gasteiger partial charge on any atom is 0.314 e. The molecule has 0 bridgehead atoms. The highest BCUT2D eigenvalue weighted by Crippen LogP contribution is 2.31. The van der Waals surface area contributed by atoms with Crippen molar-refractivity contribution in [1.82, 2.24) is 0 Å². The van der Waals surface area contributed by atoms with Crippen molar-refractivity contribution in [2.75, 3.05) is 24.1 Å². The fourth-order valence-corrected chi connectivity index (χ4v) is 5.86. The number of ether oxygens (including phenoxy) is 2. The number of anilines is 2. The van der Waals surface area contributed by atoms with Gasteiger partial charge in [-0.25, -0.2) is 5.06 Å². The number of hydroxylamine groups is 1. The normalized spacial score (nSPS) is 14.0. The van der Waals surface area contributed by atoms with Crippen molar-refractivity contribution in [3.63, 3.8) is 0 Å². The topological polar surface area (TPSA) is 85.4 Å². The molecule has 0 spiro atoms. The highest BCUT2D eigenvalue weighted by atomic mass is 16.7. The molecule has 1 aliphatic carbocycles. The Morgan fingerprint density at radius 1 is 0.607 bits per heavy atom. The summed E-state index contributed by atoms with van der Waals surface area (Å²) in [6.07, 6.45) is 7.11. The van der Waals surface area contributed by atoms with Gasteiger partial charge in [-0.1, -0.05) is 42.9 Å². The Balaban J connectivity index is 1.03. The molecule has 5 rings (SSSR count). The van der Waals surface area contributed by atoms with Gasteiger partial charge < -0.3 is 19.2 Å². The van der Waals surface area contributed by atoms with Crippen LogP contribution in [0.15, 0.2) is 97.1 Å². The largest absolute Gasteiger partial charge is 0.426 e. The molecule has 0 heterocycles. The van der Waals surface area contributed by atoms with Gasteiger partial charge >= 0.3 is 11.9 Å². The number of carbonyl (C=O) groups is 3. The van der Waals surface area contributed by atoms with Crippen molar-refractivity contribution in [3.8, 4) is 59.0 Å². The summed E-state index contributed by atoms with van der Waals surface area (Å²) < 4.78 is 11.3. The smallest absolute Gasteiger partial charge is 0.314 e. The third-order valence-electron chi connectivity index (χ3n) is 9.27. The number of benzene rings is 4. The van der Waals surface area contributed by atoms with Gasteiger partial charge in [0.2, 0.25) is 5.91 Å². The van der Waals surface area contributed by atoms with E-state index in [1.165, 1.54) is 0 Å². The standard InChI is InChI=1S/C48H44N2O6/c1-5-7-9-35-54-50(4)43-29-17-37(18-30-43)12-14-39-21-33-45(34-22-39)56-48(53)41-25-23-40(24-26-41)47(52)55-44-31-19-38(20-32-44)13-11-36-15-27-42(28-16-36)49(3)46(51)10-8-6-2/h15-22,27-34,40-41H,6,8,10,23-26H2,1-4H3/t40-,41-. The van der Waals surface area contributed by atoms with Crippen LogP contribution in [0.1, 0.15) is 81.0 Å². The van der Waals surface area contributed by atoms with Gasteiger partial charge in [-0.15, -0.1) is 0 Å². The van der Waals surface area contributed by atoms with E-state index in [9.17, 15) is 14.4 Å². The summed E-state index contributed by atoms with van der Waals surface area (Å²) in [5.41, 5.74) is 4.88. The molecule has 1 aliphatic rings. The van der Waals surface area contributed by atoms with Gasteiger partial charge in [0.1, 0.15) is 11.5 Å². The van der Waals surface area contributed by atoms with Crippen LogP contribution in [-0.4, -0.2) is 31.9 Å². The lowest BCUT2D eigenvalue weighted by molar-refractivity contribution is -0.145. The number of hydrogen-bond donors (Lipinski definition) is 0. The summed E-state index contributed by atoms with van der Waals surface area (Å²) >= 11 is 0. The predicted molar refractivity (Wildman–Crippen MR) is 218 cm³/mol. The van der Waals surface area contributed by atoms with E-state index < -0.39 is 0 Å². The summed E-state index contributed by atoms with van der Waals surface area (Å²) in [4.78, 5) is 45.2. The van der Waals surface area contributed by atoms with Gasteiger partial charge in [-0.05, 0) is 142 Å². The maximum atomic E-state index is 13.0. The predicted octanol–water partition coefficient (Wildman–Crippen LogP) is 8.31. The highest BCUT2D eigenvalue weighted by Gasteiger charge is 2.32. The van der Waals surface area contributed by atoms with Crippen LogP contribution in [0.3, 0.4) is 0 Å². The first kappa shape index (κ1) is 40.3. The molecule has 0 unspecified atom stereocenters. The van der Waals surface area contributed by atoms with Gasteiger partial charge in [0.15, 0.2) is 6.11 Å². The van der Waals surface area contributed by atoms with Gasteiger partial charge in [-0.3, -0.25) is 14.4 Å². The van der Waals surface area contributed by atoms with Crippen LogP contribution in [0.2, 0.25) is 0 Å². The second-order valence-corrected chi connectivity index (χ2v) is 13.3. The summed E-state index contributed by atoms with van der Waals surface area (Å²) in [7, 11) is 3.55. The van der Waals surface area contributed by atoms with Crippen LogP contribution in [0.25, 0.3) is 0 Å². The van der Waals surface area contributed by atoms with Crippen molar-refractivity contribution in [2.24, 2.45) is 11.8 Å². The van der Waals surface area contributed by atoms with Crippen molar-refractivity contribution >= 4 is 29.2 Å². The van der Waals surface area contributed by atoms with Crippen LogP contribution < -0.4 is 19.4 Å². The van der Waals surface area contributed by atoms with Crippen molar-refractivity contribution in [3.05, 3.63) is 119 Å². The van der Waals surface area contributed by atoms with E-state index in [-0.39, 0.29) is 29.7 Å². The van der Waals surface area contributed by atoms with E-state index in [1.54, 1.807) is 55.2 Å². The van der Waals surface area contributed by atoms with E-state index in [2.05, 4.69) is 54.5 Å². The molecule has 8 nitrogen and oxygen atoms in total. The molecule has 0 aromatic heterocycles. The molecule has 1 fully saturated rings. The molecule has 4 aromatic carbocycles. The number of amides is 1. The van der Waals surface area contributed by atoms with Gasteiger partial charge in [0.05, 0.1) is 17.5 Å². The number of carbonyl (C=O) groups excluding carboxylic acids is 3. The van der Waals surface area contributed by atoms with Crippen LogP contribution in [0.4, 0.5) is 11.4 Å². The molecule has 0 radical (unpaired) electrons. The summed E-state index contributed by atoms with van der Waals surface area (Å²) in [5, 5.41) is 1.55. The lowest BCUT2D eigenvalue weighted by Crippen LogP contribution is -2.30. The highest BCUT2D eigenvalue weighted by molar-refractivity contribution is 5.92. The quantitative estimate of drug-likeness (QED) is 0.0699. The lowest BCUT2D eigenvalue weighted by Gasteiger charge is -2.25. The van der Waals surface area contributed by atoms with Crippen molar-refractivity contribution in [2.45, 2.75) is 58.8 Å². The van der Waals surface area contributed by atoms with Gasteiger partial charge in [0.25, 0.3) is 0 Å². The Morgan fingerprint density at radius 2 is 1.02 bits per heavy atom. The maximum absolute atomic E-state index is 13.0. The van der Waals surface area contributed by atoms with Crippen molar-refractivity contribution in [1.29, 1.82) is 0 Å². The van der Waals surface area contributed by atoms with E-state index in [4.69, 9.17) is 14.3 Å². The average molecular weight is 745 g/mol. The first-order valence-corrected chi connectivity index (χ1v) is 18.7. The Morgan fingerprint density at radius 3 is 1.43 bits per heavy atom. The molecule has 56 heavy (non-hydrogen) atoms. The Labute approximate surface area is 330 Å². The molecule has 0 atom stereocenters. The number of esters is 2. The fourth-order valence-electron chi connectivity index (χ4n) is 5.86. The van der Waals surface area contributed by atoms with Crippen molar-refractivity contribution < 1.29 is 28.7 Å². The van der Waals surface area contributed by atoms with Crippen LogP contribution >= 0.6 is 0 Å². The van der Waals surface area contributed by atoms with E-state index in [0.29, 0.717) is 43.6 Å². The Bertz CT molecular complexity index is 2220. The summed E-state index contributed by atoms with van der Waals surface area (Å²) in [6.45, 7) is 3.78. The van der Waals surface area contributed by atoms with Gasteiger partial charge in [-0.2, -0.15) is 0 Å². The molecule has 1 saturated carbocycles. The average Bonchev–Trinajstić information content (AvgIpc) is 3.24. The molecular weight excluding hydrogens is 701 g/mol. The SMILES string of the molecule is CC#CC#CON(C)c1ccc(C#Cc2ccc(OC(=O)[C@H]3CC[C@H](C(=O)Oc4ccc(C#Cc5ccc(N(C)C(=O)CCCC)cc5)cc4)CC3)cc2)cc1. The minimum atomic E-state index is -0.300. The Kier molecular flexibility index (Phi) is 14.8. The zero-order valence-electron chi connectivity index (χ0n) is 32.2. The minimum Gasteiger partial charge on any atom is -0.426 e. The second kappa shape index (κ2) is 20.5. The monoisotopic (exact) mass is 744 g/mol. The zero-order chi connectivity index (χ0) is 39.7. The number of nitrogens with zero attached hydrogens (tertiary/aromatic N) is 2. The molecule has 0 aliphatic heterocycles. The van der Waals surface area contributed by atoms with E-state index >= 15 is 0 Å². The lowest BCUT2D eigenvalue weighted by atomic mass is 9.82. The zero-order valence-corrected chi connectivity index (χ0v) is 32.2. The second-order valence-electron chi connectivity index (χ2n) is 13.3. The number of hydrogen-bond acceptors (Lipinski definition) is 7. The molecule has 0 N–H and O–H groups in total. The minimum absolute atomic E-state index is 0.0998. The summed E-state index contributed by atoms with van der Waals surface area (Å²) in [5.74, 6) is 20.3. The third kappa shape index (κ3) is 12.1. The van der Waals surface area contributed by atoms with E-state index in [0.717, 1.165) is 46.5 Å². The molecule has 0 saturated heterocycles. The van der Waals surface area contributed by atoms with Crippen LogP contribution in [0, 0.1) is 59.4 Å². The van der Waals surface area contributed by atoms with Gasteiger partial charge in [0, 0.05) is 54.4 Å². The number of unbranched alkanes of at least 4 members (excludes halogenated alkanes) is 1. The molecular formula is C48H44N2O6. The molecule has 1 amide bonds. The number of rotatable bonds is 10. The fraction of sp³-hybridized carbons (Fsp3) is 0.271. The first-order valence-electron chi connectivity index (χ1n) is 18.7.